The van der Waals surface area contributed by atoms with Crippen LogP contribution in [0.2, 0.25) is 0 Å². The Balaban J connectivity index is 1.97. The number of hydrogen-bond donors (Lipinski definition) is 2. The van der Waals surface area contributed by atoms with Crippen LogP contribution in [0.4, 0.5) is 5.69 Å². The lowest BCUT2D eigenvalue weighted by Crippen LogP contribution is -2.34. The molecule has 0 unspecified atom stereocenters. The van der Waals surface area contributed by atoms with Crippen LogP contribution in [0.3, 0.4) is 0 Å². The summed E-state index contributed by atoms with van der Waals surface area (Å²) in [5.41, 5.74) is 1.17. The lowest BCUT2D eigenvalue weighted by atomic mass is 10.2. The van der Waals surface area contributed by atoms with Crippen molar-refractivity contribution in [3.63, 3.8) is 0 Å². The van der Waals surface area contributed by atoms with Gasteiger partial charge >= 0.3 is 0 Å². The average molecular weight is 370 g/mol. The van der Waals surface area contributed by atoms with Crippen LogP contribution in [-0.2, 0) is 0 Å². The highest BCUT2D eigenvalue weighted by Crippen LogP contribution is 2.19. The Morgan fingerprint density at radius 2 is 1.88 bits per heavy atom. The van der Waals surface area contributed by atoms with Gasteiger partial charge in [0.15, 0.2) is 5.11 Å². The van der Waals surface area contributed by atoms with Gasteiger partial charge in [-0.1, -0.05) is 24.8 Å². The Bertz CT molecular complexity index is 773. The second kappa shape index (κ2) is 9.58. The van der Waals surface area contributed by atoms with Crippen molar-refractivity contribution in [3.8, 4) is 11.5 Å². The minimum atomic E-state index is -0.329. The Kier molecular flexibility index (Phi) is 7.17. The summed E-state index contributed by atoms with van der Waals surface area (Å²) in [7, 11) is 0. The fourth-order valence-corrected chi connectivity index (χ4v) is 2.34. The molecule has 2 aromatic rings. The van der Waals surface area contributed by atoms with E-state index in [2.05, 4.69) is 17.2 Å². The van der Waals surface area contributed by atoms with E-state index >= 15 is 0 Å². The largest absolute Gasteiger partial charge is 0.490 e. The van der Waals surface area contributed by atoms with Crippen molar-refractivity contribution in [2.75, 3.05) is 11.9 Å². The highest BCUT2D eigenvalue weighted by atomic mass is 32.1. The monoisotopic (exact) mass is 370 g/mol. The third-order valence-corrected chi connectivity index (χ3v) is 3.41. The molecule has 0 aliphatic heterocycles. The summed E-state index contributed by atoms with van der Waals surface area (Å²) >= 11 is 5.22. The predicted octanol–water partition coefficient (Wildman–Crippen LogP) is 4.17. The number of ether oxygens (including phenoxy) is 2. The van der Waals surface area contributed by atoms with E-state index in [1.54, 1.807) is 24.3 Å². The molecule has 0 bridgehead atoms. The maximum Gasteiger partial charge on any atom is 0.261 e. The third kappa shape index (κ3) is 5.89. The van der Waals surface area contributed by atoms with Crippen molar-refractivity contribution < 1.29 is 14.3 Å². The van der Waals surface area contributed by atoms with Crippen molar-refractivity contribution in [1.82, 2.24) is 5.32 Å². The summed E-state index contributed by atoms with van der Waals surface area (Å²) in [6.07, 6.45) is 1.65. The van der Waals surface area contributed by atoms with Gasteiger partial charge in [0.1, 0.15) is 18.1 Å². The summed E-state index contributed by atoms with van der Waals surface area (Å²) in [4.78, 5) is 12.5. The number of amides is 1. The standard InChI is InChI=1S/C20H22N2O3S/c1-4-13-24-16-11-9-15(10-12-16)21-20(26)22-19(23)17-7-5-6-8-18(17)25-14(2)3/h4-12,14H,1,13H2,2-3H3,(H2,21,22,23,26). The lowest BCUT2D eigenvalue weighted by molar-refractivity contribution is 0.0972. The van der Waals surface area contributed by atoms with Crippen LogP contribution in [0.5, 0.6) is 11.5 Å². The van der Waals surface area contributed by atoms with Gasteiger partial charge in [-0.15, -0.1) is 0 Å². The molecule has 2 aromatic carbocycles. The van der Waals surface area contributed by atoms with E-state index in [4.69, 9.17) is 21.7 Å². The number of nitrogens with one attached hydrogen (secondary N) is 2. The summed E-state index contributed by atoms with van der Waals surface area (Å²) in [6.45, 7) is 7.86. The number of para-hydroxylation sites is 1. The summed E-state index contributed by atoms with van der Waals surface area (Å²) in [5.74, 6) is 0.918. The van der Waals surface area contributed by atoms with Gasteiger partial charge in [0.25, 0.3) is 5.91 Å². The van der Waals surface area contributed by atoms with Gasteiger partial charge in [0, 0.05) is 5.69 Å². The molecule has 0 aromatic heterocycles. The van der Waals surface area contributed by atoms with Crippen molar-refractivity contribution >= 4 is 28.9 Å². The third-order valence-electron chi connectivity index (χ3n) is 3.20. The smallest absolute Gasteiger partial charge is 0.261 e. The number of benzene rings is 2. The van der Waals surface area contributed by atoms with Crippen LogP contribution in [0.15, 0.2) is 61.2 Å². The summed E-state index contributed by atoms with van der Waals surface area (Å²) in [6, 6.07) is 14.3. The zero-order valence-electron chi connectivity index (χ0n) is 14.8. The fraction of sp³-hybridized carbons (Fsp3) is 0.200. The van der Waals surface area contributed by atoms with Crippen molar-refractivity contribution in [2.45, 2.75) is 20.0 Å². The molecule has 2 rings (SSSR count). The lowest BCUT2D eigenvalue weighted by Gasteiger charge is -2.15. The van der Waals surface area contributed by atoms with Crippen LogP contribution in [0.1, 0.15) is 24.2 Å². The SMILES string of the molecule is C=CCOc1ccc(NC(=S)NC(=O)c2ccccc2OC(C)C)cc1. The number of hydrogen-bond acceptors (Lipinski definition) is 4. The maximum atomic E-state index is 12.5. The molecule has 5 nitrogen and oxygen atoms in total. The Morgan fingerprint density at radius 1 is 1.19 bits per heavy atom. The van der Waals surface area contributed by atoms with Crippen LogP contribution in [0, 0.1) is 0 Å². The fourth-order valence-electron chi connectivity index (χ4n) is 2.13. The quantitative estimate of drug-likeness (QED) is 0.566. The van der Waals surface area contributed by atoms with E-state index in [0.717, 1.165) is 11.4 Å². The molecular formula is C20H22N2O3S. The first kappa shape index (κ1) is 19.5. The molecule has 136 valence electrons. The van der Waals surface area contributed by atoms with Crippen molar-refractivity contribution in [3.05, 3.63) is 66.7 Å². The molecule has 0 aliphatic rings. The zero-order chi connectivity index (χ0) is 18.9. The Labute approximate surface area is 159 Å². The molecule has 0 atom stereocenters. The number of carbonyl (C=O) groups excluding carboxylic acids is 1. The molecule has 6 heteroatoms. The summed E-state index contributed by atoms with van der Waals surface area (Å²) in [5, 5.41) is 5.84. The second-order valence-electron chi connectivity index (χ2n) is 5.70. The first-order chi connectivity index (χ1) is 12.5. The van der Waals surface area contributed by atoms with E-state index in [1.807, 2.05) is 44.2 Å². The molecule has 0 spiro atoms. The normalized spacial score (nSPS) is 10.1. The van der Waals surface area contributed by atoms with E-state index in [0.29, 0.717) is 17.9 Å². The van der Waals surface area contributed by atoms with Crippen molar-refractivity contribution in [2.24, 2.45) is 0 Å². The van der Waals surface area contributed by atoms with Gasteiger partial charge in [-0.05, 0) is 62.5 Å². The average Bonchev–Trinajstić information content (AvgIpc) is 2.61. The number of thiocarbonyl (C=S) groups is 1. The molecule has 0 saturated carbocycles. The highest BCUT2D eigenvalue weighted by Gasteiger charge is 2.14. The minimum absolute atomic E-state index is 0.0316. The molecule has 2 N–H and O–H groups in total. The van der Waals surface area contributed by atoms with Crippen LogP contribution in [-0.4, -0.2) is 23.7 Å². The molecule has 26 heavy (non-hydrogen) atoms. The summed E-state index contributed by atoms with van der Waals surface area (Å²) < 4.78 is 11.1. The van der Waals surface area contributed by atoms with Crippen LogP contribution >= 0.6 is 12.2 Å². The number of rotatable bonds is 7. The second-order valence-corrected chi connectivity index (χ2v) is 6.10. The molecule has 1 amide bonds. The molecular weight excluding hydrogens is 348 g/mol. The van der Waals surface area contributed by atoms with Gasteiger partial charge in [-0.3, -0.25) is 10.1 Å². The van der Waals surface area contributed by atoms with Crippen LogP contribution < -0.4 is 20.1 Å². The number of carbonyl (C=O) groups is 1. The molecule has 0 radical (unpaired) electrons. The van der Waals surface area contributed by atoms with Gasteiger partial charge in [-0.2, -0.15) is 0 Å². The maximum absolute atomic E-state index is 12.5. The Hall–Kier alpha value is -2.86. The Morgan fingerprint density at radius 3 is 2.54 bits per heavy atom. The minimum Gasteiger partial charge on any atom is -0.490 e. The molecule has 0 saturated heterocycles. The van der Waals surface area contributed by atoms with E-state index in [9.17, 15) is 4.79 Å². The van der Waals surface area contributed by atoms with E-state index in [1.165, 1.54) is 0 Å². The van der Waals surface area contributed by atoms with Gasteiger partial charge < -0.3 is 14.8 Å². The highest BCUT2D eigenvalue weighted by molar-refractivity contribution is 7.80. The zero-order valence-corrected chi connectivity index (χ0v) is 15.6. The first-order valence-electron chi connectivity index (χ1n) is 8.21. The van der Waals surface area contributed by atoms with E-state index < -0.39 is 0 Å². The molecule has 0 fully saturated rings. The predicted molar refractivity (Wildman–Crippen MR) is 108 cm³/mol. The molecule has 0 aliphatic carbocycles. The van der Waals surface area contributed by atoms with E-state index in [-0.39, 0.29) is 17.1 Å². The van der Waals surface area contributed by atoms with Gasteiger partial charge in [-0.25, -0.2) is 0 Å². The van der Waals surface area contributed by atoms with Crippen LogP contribution in [0.25, 0.3) is 0 Å². The van der Waals surface area contributed by atoms with Gasteiger partial charge in [0.2, 0.25) is 0 Å². The number of anilines is 1. The van der Waals surface area contributed by atoms with Gasteiger partial charge in [0.05, 0.1) is 11.7 Å². The topological polar surface area (TPSA) is 59.6 Å². The molecule has 0 heterocycles. The van der Waals surface area contributed by atoms with Crippen molar-refractivity contribution in [1.29, 1.82) is 0 Å². The first-order valence-corrected chi connectivity index (χ1v) is 8.62.